The van der Waals surface area contributed by atoms with Gasteiger partial charge < -0.3 is 18.9 Å². The lowest BCUT2D eigenvalue weighted by atomic mass is 9.90. The van der Waals surface area contributed by atoms with Gasteiger partial charge in [0.15, 0.2) is 0 Å². The Hall–Kier alpha value is -3.60. The van der Waals surface area contributed by atoms with Gasteiger partial charge in [0.25, 0.3) is 5.69 Å². The van der Waals surface area contributed by atoms with Crippen molar-refractivity contribution >= 4 is 18.0 Å². The van der Waals surface area contributed by atoms with Crippen molar-refractivity contribution in [2.45, 2.75) is 19.8 Å². The highest BCUT2D eigenvalue weighted by atomic mass is 16.7. The second-order valence-corrected chi connectivity index (χ2v) is 5.77. The number of carbonyl (C=O) groups is 2. The number of rotatable bonds is 5. The number of benzene rings is 1. The Morgan fingerprint density at radius 3 is 1.93 bits per heavy atom. The molecule has 0 saturated carbocycles. The predicted molar refractivity (Wildman–Crippen MR) is 97.1 cm³/mol. The number of non-ortho nitro benzene ring substituents is 1. The summed E-state index contributed by atoms with van der Waals surface area (Å²) in [4.78, 5) is 39.6. The zero-order valence-electron chi connectivity index (χ0n) is 16.5. The largest absolute Gasteiger partial charge is 0.513 e. The summed E-state index contributed by atoms with van der Waals surface area (Å²) in [5.41, 5.74) is 0.849. The molecule has 1 aliphatic rings. The maximum atomic E-state index is 11.8. The SMILES string of the molecule is COC(=O)OC1=C(C)N(OC)C(C)=C(OC(=O)OC)C1c1cccc([N+](=O)[O-])c1. The molecule has 1 heterocycles. The van der Waals surface area contributed by atoms with Gasteiger partial charge in [0, 0.05) is 12.1 Å². The zero-order chi connectivity index (χ0) is 21.7. The van der Waals surface area contributed by atoms with Crippen molar-refractivity contribution in [2.24, 2.45) is 0 Å². The smallest absolute Gasteiger partial charge is 0.437 e. The first kappa shape index (κ1) is 21.7. The lowest BCUT2D eigenvalue weighted by Crippen LogP contribution is -2.32. The molecule has 0 amide bonds. The van der Waals surface area contributed by atoms with Crippen LogP contribution in [0.2, 0.25) is 0 Å². The van der Waals surface area contributed by atoms with Crippen LogP contribution < -0.4 is 0 Å². The quantitative estimate of drug-likeness (QED) is 0.405. The van der Waals surface area contributed by atoms with Crippen LogP contribution in [0.25, 0.3) is 0 Å². The second-order valence-electron chi connectivity index (χ2n) is 5.77. The standard InChI is InChI=1S/C18H20N2O9/c1-10-15(28-17(21)25-3)14(12-7-6-8-13(9-12)20(23)24)16(29-18(22)26-4)11(2)19(10)27-5/h6-9,14H,1-5H3. The van der Waals surface area contributed by atoms with E-state index in [0.717, 1.165) is 14.2 Å². The van der Waals surface area contributed by atoms with Crippen LogP contribution in [-0.2, 0) is 23.8 Å². The van der Waals surface area contributed by atoms with E-state index < -0.39 is 23.2 Å². The Morgan fingerprint density at radius 2 is 1.52 bits per heavy atom. The topological polar surface area (TPSA) is 127 Å². The van der Waals surface area contributed by atoms with Crippen molar-refractivity contribution in [1.29, 1.82) is 0 Å². The van der Waals surface area contributed by atoms with Crippen LogP contribution in [0, 0.1) is 10.1 Å². The molecular weight excluding hydrogens is 388 g/mol. The summed E-state index contributed by atoms with van der Waals surface area (Å²) in [7, 11) is 3.63. The number of allylic oxidation sites excluding steroid dienone is 2. The zero-order valence-corrected chi connectivity index (χ0v) is 16.5. The van der Waals surface area contributed by atoms with Gasteiger partial charge >= 0.3 is 12.3 Å². The molecule has 2 rings (SSSR count). The number of ether oxygens (including phenoxy) is 4. The molecular formula is C18H20N2O9. The summed E-state index contributed by atoms with van der Waals surface area (Å²) in [5.74, 6) is -0.980. The Morgan fingerprint density at radius 1 is 1.00 bits per heavy atom. The fraction of sp³-hybridized carbons (Fsp3) is 0.333. The van der Waals surface area contributed by atoms with E-state index in [1.54, 1.807) is 19.9 Å². The molecule has 0 unspecified atom stereocenters. The van der Waals surface area contributed by atoms with Gasteiger partial charge in [-0.3, -0.25) is 15.0 Å². The fourth-order valence-corrected chi connectivity index (χ4v) is 2.91. The molecule has 29 heavy (non-hydrogen) atoms. The third-order valence-electron chi connectivity index (χ3n) is 4.16. The highest BCUT2D eigenvalue weighted by molar-refractivity contribution is 5.65. The van der Waals surface area contributed by atoms with Gasteiger partial charge in [-0.1, -0.05) is 12.1 Å². The minimum absolute atomic E-state index is 0.00343. The van der Waals surface area contributed by atoms with Crippen molar-refractivity contribution in [2.75, 3.05) is 21.3 Å². The second kappa shape index (κ2) is 9.06. The van der Waals surface area contributed by atoms with E-state index in [0.29, 0.717) is 17.0 Å². The molecule has 1 aromatic carbocycles. The minimum Gasteiger partial charge on any atom is -0.437 e. The highest BCUT2D eigenvalue weighted by Crippen LogP contribution is 2.43. The summed E-state index contributed by atoms with van der Waals surface area (Å²) >= 11 is 0. The van der Waals surface area contributed by atoms with Crippen LogP contribution >= 0.6 is 0 Å². The number of nitro groups is 1. The van der Waals surface area contributed by atoms with Gasteiger partial charge in [0.05, 0.1) is 37.6 Å². The van der Waals surface area contributed by atoms with Crippen LogP contribution in [0.4, 0.5) is 15.3 Å². The third kappa shape index (κ3) is 4.46. The number of hydrogen-bond acceptors (Lipinski definition) is 10. The summed E-state index contributed by atoms with van der Waals surface area (Å²) in [6, 6.07) is 5.63. The van der Waals surface area contributed by atoms with Gasteiger partial charge in [0.2, 0.25) is 0 Å². The monoisotopic (exact) mass is 408 g/mol. The molecule has 0 aliphatic carbocycles. The molecule has 0 radical (unpaired) electrons. The van der Waals surface area contributed by atoms with Crippen LogP contribution in [0.1, 0.15) is 25.3 Å². The molecule has 1 aromatic rings. The van der Waals surface area contributed by atoms with E-state index in [9.17, 15) is 19.7 Å². The van der Waals surface area contributed by atoms with Crippen molar-refractivity contribution in [3.8, 4) is 0 Å². The number of hydrogen-bond donors (Lipinski definition) is 0. The van der Waals surface area contributed by atoms with Crippen molar-refractivity contribution in [3.05, 3.63) is 62.9 Å². The maximum absolute atomic E-state index is 11.8. The molecule has 11 nitrogen and oxygen atoms in total. The first-order valence-corrected chi connectivity index (χ1v) is 8.26. The first-order valence-electron chi connectivity index (χ1n) is 8.26. The Kier molecular flexibility index (Phi) is 6.78. The van der Waals surface area contributed by atoms with Crippen LogP contribution in [-0.4, -0.2) is 43.6 Å². The van der Waals surface area contributed by atoms with Crippen molar-refractivity contribution in [1.82, 2.24) is 5.06 Å². The van der Waals surface area contributed by atoms with Gasteiger partial charge in [-0.15, -0.1) is 0 Å². The number of carbonyl (C=O) groups excluding carboxylic acids is 2. The van der Waals surface area contributed by atoms with Gasteiger partial charge in [-0.05, 0) is 19.4 Å². The van der Waals surface area contributed by atoms with Crippen LogP contribution in [0.15, 0.2) is 47.2 Å². The number of nitrogens with zero attached hydrogens (tertiary/aromatic N) is 2. The molecule has 11 heteroatoms. The lowest BCUT2D eigenvalue weighted by Gasteiger charge is -2.35. The van der Waals surface area contributed by atoms with Crippen molar-refractivity contribution in [3.63, 3.8) is 0 Å². The Bertz CT molecular complexity index is 849. The van der Waals surface area contributed by atoms with E-state index >= 15 is 0 Å². The molecule has 0 saturated heterocycles. The van der Waals surface area contributed by atoms with Crippen LogP contribution in [0.3, 0.4) is 0 Å². The Labute approximate surface area is 166 Å². The lowest BCUT2D eigenvalue weighted by molar-refractivity contribution is -0.384. The third-order valence-corrected chi connectivity index (χ3v) is 4.16. The summed E-state index contributed by atoms with van der Waals surface area (Å²) in [5, 5.41) is 12.5. The van der Waals surface area contributed by atoms with Gasteiger partial charge in [-0.25, -0.2) is 14.7 Å². The van der Waals surface area contributed by atoms with Crippen LogP contribution in [0.5, 0.6) is 0 Å². The summed E-state index contributed by atoms with van der Waals surface area (Å²) in [6.45, 7) is 3.20. The first-order chi connectivity index (χ1) is 13.7. The van der Waals surface area contributed by atoms with E-state index in [2.05, 4.69) is 9.47 Å². The molecule has 0 N–H and O–H groups in total. The van der Waals surface area contributed by atoms with E-state index in [-0.39, 0.29) is 17.2 Å². The molecule has 0 fully saturated rings. The summed E-state index contributed by atoms with van der Waals surface area (Å²) in [6.07, 6.45) is -2.05. The molecule has 0 spiro atoms. The van der Waals surface area contributed by atoms with Gasteiger partial charge in [0.1, 0.15) is 17.4 Å². The number of hydroxylamine groups is 2. The highest BCUT2D eigenvalue weighted by Gasteiger charge is 2.39. The molecule has 1 aliphatic heterocycles. The molecule has 0 aromatic heterocycles. The normalized spacial score (nSPS) is 14.6. The number of nitro benzene ring substituents is 1. The number of methoxy groups -OCH3 is 2. The fourth-order valence-electron chi connectivity index (χ4n) is 2.91. The molecule has 156 valence electrons. The average Bonchev–Trinajstić information content (AvgIpc) is 2.71. The predicted octanol–water partition coefficient (Wildman–Crippen LogP) is 3.58. The molecule has 0 atom stereocenters. The summed E-state index contributed by atoms with van der Waals surface area (Å²) < 4.78 is 19.8. The van der Waals surface area contributed by atoms with E-state index in [1.807, 2.05) is 0 Å². The Balaban J connectivity index is 2.72. The minimum atomic E-state index is -1.03. The molecule has 0 bridgehead atoms. The van der Waals surface area contributed by atoms with Gasteiger partial charge in [-0.2, -0.15) is 0 Å². The van der Waals surface area contributed by atoms with Crippen molar-refractivity contribution < 1.29 is 38.3 Å². The average molecular weight is 408 g/mol. The van der Waals surface area contributed by atoms with E-state index in [4.69, 9.17) is 14.3 Å². The maximum Gasteiger partial charge on any atom is 0.513 e. The van der Waals surface area contributed by atoms with E-state index in [1.165, 1.54) is 30.4 Å².